The number of hydrogen-bond donors (Lipinski definition) is 0. The third-order valence-electron chi connectivity index (χ3n) is 6.95. The van der Waals surface area contributed by atoms with E-state index >= 15 is 0 Å². The summed E-state index contributed by atoms with van der Waals surface area (Å²) in [5.41, 5.74) is -0.564. The average Bonchev–Trinajstić information content (AvgIpc) is 3.34. The van der Waals surface area contributed by atoms with E-state index in [0.29, 0.717) is 0 Å². The van der Waals surface area contributed by atoms with Crippen LogP contribution >= 0.6 is 0 Å². The van der Waals surface area contributed by atoms with Gasteiger partial charge in [0.05, 0.1) is 20.3 Å². The minimum Gasteiger partial charge on any atom is -0.223 e. The van der Waals surface area contributed by atoms with Crippen LogP contribution in [0, 0.1) is 17.3 Å². The second-order valence-corrected chi connectivity index (χ2v) is 12.3. The van der Waals surface area contributed by atoms with Crippen molar-refractivity contribution >= 4 is 19.7 Å². The topological polar surface area (TPSA) is 68.3 Å². The lowest BCUT2D eigenvalue weighted by atomic mass is 9.82. The summed E-state index contributed by atoms with van der Waals surface area (Å²) >= 11 is 0. The highest BCUT2D eigenvalue weighted by atomic mass is 32.2. The van der Waals surface area contributed by atoms with Gasteiger partial charge in [-0.3, -0.25) is 0 Å². The molecule has 0 radical (unpaired) electrons. The van der Waals surface area contributed by atoms with Gasteiger partial charge in [-0.1, -0.05) is 55.0 Å². The fourth-order valence-corrected chi connectivity index (χ4v) is 11.2. The minimum atomic E-state index is -3.80. The minimum absolute atomic E-state index is 0.0967. The van der Waals surface area contributed by atoms with Gasteiger partial charge in [0, 0.05) is 5.41 Å². The van der Waals surface area contributed by atoms with E-state index in [4.69, 9.17) is 0 Å². The van der Waals surface area contributed by atoms with Crippen molar-refractivity contribution in [2.24, 2.45) is 17.3 Å². The van der Waals surface area contributed by atoms with E-state index in [0.717, 1.165) is 19.3 Å². The molecule has 2 aromatic carbocycles. The molecule has 0 spiro atoms. The van der Waals surface area contributed by atoms with Crippen LogP contribution in [0.4, 0.5) is 0 Å². The molecule has 0 aliphatic heterocycles. The lowest BCUT2D eigenvalue weighted by Gasteiger charge is -2.35. The molecule has 0 unspecified atom stereocenters. The molecule has 4 nitrogen and oxygen atoms in total. The number of sulfone groups is 2. The summed E-state index contributed by atoms with van der Waals surface area (Å²) in [7, 11) is -7.59. The summed E-state index contributed by atoms with van der Waals surface area (Å²) < 4.78 is 54.8. The van der Waals surface area contributed by atoms with Crippen LogP contribution in [0.15, 0.2) is 82.6 Å². The maximum absolute atomic E-state index is 13.8. The Morgan fingerprint density at radius 1 is 0.786 bits per heavy atom. The highest BCUT2D eigenvalue weighted by Crippen LogP contribution is 2.66. The molecule has 28 heavy (non-hydrogen) atoms. The van der Waals surface area contributed by atoms with Gasteiger partial charge in [-0.2, -0.15) is 0 Å². The number of allylic oxidation sites excluding steroid dienone is 2. The van der Waals surface area contributed by atoms with Crippen LogP contribution in [0.25, 0.3) is 0 Å². The van der Waals surface area contributed by atoms with Crippen molar-refractivity contribution in [3.05, 3.63) is 72.8 Å². The Balaban J connectivity index is 1.72. The first-order valence-electron chi connectivity index (χ1n) is 9.66. The van der Waals surface area contributed by atoms with Crippen LogP contribution in [0.2, 0.25) is 0 Å². The Labute approximate surface area is 166 Å². The summed E-state index contributed by atoms with van der Waals surface area (Å²) in [6.07, 6.45) is 6.58. The SMILES string of the molecule is O=S(=O)(c1ccccc1)[C@@H]1[C@H]2C=C[C@@]3(CCC[C@H]23)[C@@H]1S(=O)(=O)c1ccccc1. The number of hydrogen-bond acceptors (Lipinski definition) is 4. The molecule has 2 bridgehead atoms. The molecule has 146 valence electrons. The summed E-state index contributed by atoms with van der Waals surface area (Å²) in [6.45, 7) is 0. The van der Waals surface area contributed by atoms with Gasteiger partial charge in [-0.05, 0) is 48.9 Å². The zero-order chi connectivity index (χ0) is 19.6. The second kappa shape index (κ2) is 6.04. The predicted molar refractivity (Wildman–Crippen MR) is 107 cm³/mol. The first-order valence-corrected chi connectivity index (χ1v) is 12.8. The molecule has 2 fully saturated rings. The molecule has 3 aliphatic carbocycles. The predicted octanol–water partition coefficient (Wildman–Crippen LogP) is 3.66. The van der Waals surface area contributed by atoms with Crippen LogP contribution < -0.4 is 0 Å². The van der Waals surface area contributed by atoms with Crippen LogP contribution in [-0.4, -0.2) is 27.3 Å². The highest BCUT2D eigenvalue weighted by molar-refractivity contribution is 7.96. The van der Waals surface area contributed by atoms with E-state index in [1.165, 1.54) is 0 Å². The maximum Gasteiger partial charge on any atom is 0.183 e. The molecule has 5 rings (SSSR count). The van der Waals surface area contributed by atoms with E-state index in [1.807, 2.05) is 12.2 Å². The van der Waals surface area contributed by atoms with Crippen molar-refractivity contribution in [3.8, 4) is 0 Å². The van der Waals surface area contributed by atoms with Crippen molar-refractivity contribution in [2.75, 3.05) is 0 Å². The zero-order valence-electron chi connectivity index (χ0n) is 15.3. The van der Waals surface area contributed by atoms with E-state index < -0.39 is 35.6 Å². The first-order chi connectivity index (χ1) is 13.4. The van der Waals surface area contributed by atoms with Crippen molar-refractivity contribution in [1.82, 2.24) is 0 Å². The van der Waals surface area contributed by atoms with Crippen LogP contribution in [0.1, 0.15) is 19.3 Å². The molecule has 0 saturated heterocycles. The molecular formula is C22H22O4S2. The largest absolute Gasteiger partial charge is 0.223 e. The summed E-state index contributed by atoms with van der Waals surface area (Å²) in [6, 6.07) is 16.6. The van der Waals surface area contributed by atoms with Gasteiger partial charge in [0.1, 0.15) is 0 Å². The summed E-state index contributed by atoms with van der Waals surface area (Å²) in [4.78, 5) is 0.429. The van der Waals surface area contributed by atoms with Gasteiger partial charge in [-0.25, -0.2) is 16.8 Å². The van der Waals surface area contributed by atoms with Gasteiger partial charge < -0.3 is 0 Å². The van der Waals surface area contributed by atoms with Crippen molar-refractivity contribution in [3.63, 3.8) is 0 Å². The van der Waals surface area contributed by atoms with Gasteiger partial charge in [0.25, 0.3) is 0 Å². The molecule has 3 aliphatic rings. The van der Waals surface area contributed by atoms with Crippen molar-refractivity contribution < 1.29 is 16.8 Å². The number of benzene rings is 2. The normalized spacial score (nSPS) is 33.9. The van der Waals surface area contributed by atoms with Crippen LogP contribution in [-0.2, 0) is 19.7 Å². The molecular weight excluding hydrogens is 392 g/mol. The molecule has 0 amide bonds. The van der Waals surface area contributed by atoms with Gasteiger partial charge >= 0.3 is 0 Å². The Bertz CT molecular complexity index is 1140. The van der Waals surface area contributed by atoms with Crippen molar-refractivity contribution in [2.45, 2.75) is 39.6 Å². The van der Waals surface area contributed by atoms with E-state index in [-0.39, 0.29) is 21.6 Å². The fraction of sp³-hybridized carbons (Fsp3) is 0.364. The van der Waals surface area contributed by atoms with E-state index in [1.54, 1.807) is 60.7 Å². The molecule has 0 aromatic heterocycles. The van der Waals surface area contributed by atoms with Crippen LogP contribution in [0.5, 0.6) is 0 Å². The monoisotopic (exact) mass is 414 g/mol. The Kier molecular flexibility index (Phi) is 3.91. The first kappa shape index (κ1) is 18.1. The van der Waals surface area contributed by atoms with Gasteiger partial charge in [0.2, 0.25) is 0 Å². The lowest BCUT2D eigenvalue weighted by molar-refractivity contribution is 0.329. The molecule has 0 N–H and O–H groups in total. The maximum atomic E-state index is 13.8. The summed E-state index contributed by atoms with van der Waals surface area (Å²) in [5.74, 6) is -0.143. The summed E-state index contributed by atoms with van der Waals surface area (Å²) in [5, 5.41) is -1.87. The van der Waals surface area contributed by atoms with Gasteiger partial charge in [0.15, 0.2) is 19.7 Å². The van der Waals surface area contributed by atoms with E-state index in [9.17, 15) is 16.8 Å². The Hall–Kier alpha value is -1.92. The van der Waals surface area contributed by atoms with Gasteiger partial charge in [-0.15, -0.1) is 0 Å². The van der Waals surface area contributed by atoms with Crippen LogP contribution in [0.3, 0.4) is 0 Å². The van der Waals surface area contributed by atoms with E-state index in [2.05, 4.69) is 0 Å². The highest BCUT2D eigenvalue weighted by Gasteiger charge is 2.70. The molecule has 0 heterocycles. The molecule has 5 atom stereocenters. The fourth-order valence-electron chi connectivity index (χ4n) is 5.92. The zero-order valence-corrected chi connectivity index (χ0v) is 16.9. The third kappa shape index (κ3) is 2.28. The second-order valence-electron chi connectivity index (χ2n) is 8.15. The molecule has 2 saturated carbocycles. The molecule has 2 aromatic rings. The average molecular weight is 415 g/mol. The third-order valence-corrected chi connectivity index (χ3v) is 11.7. The Morgan fingerprint density at radius 2 is 1.36 bits per heavy atom. The smallest absolute Gasteiger partial charge is 0.183 e. The lowest BCUT2D eigenvalue weighted by Crippen LogP contribution is -2.47. The Morgan fingerprint density at radius 3 is 1.96 bits per heavy atom. The molecule has 6 heteroatoms. The van der Waals surface area contributed by atoms with Crippen molar-refractivity contribution in [1.29, 1.82) is 0 Å². The standard InChI is InChI=1S/C22H22O4S2/c23-27(24,16-8-3-1-4-9-16)20-18-13-15-22(14-7-12-19(18)22)21(20)28(25,26)17-10-5-2-6-11-17/h1-6,8-11,13,15,18-21H,7,12,14H2/t18-,19+,20+,21+,22+/m0/s1. The number of rotatable bonds is 4. The quantitative estimate of drug-likeness (QED) is 0.716.